The Hall–Kier alpha value is -0.900. The van der Waals surface area contributed by atoms with Gasteiger partial charge < -0.3 is 10.5 Å². The quantitative estimate of drug-likeness (QED) is 0.832. The van der Waals surface area contributed by atoms with Crippen LogP contribution in [0.2, 0.25) is 0 Å². The summed E-state index contributed by atoms with van der Waals surface area (Å²) in [6, 6.07) is 9.12. The first-order chi connectivity index (χ1) is 7.75. The van der Waals surface area contributed by atoms with Crippen molar-refractivity contribution < 1.29 is 10.5 Å². The number of rotatable bonds is 3. The van der Waals surface area contributed by atoms with E-state index >= 15 is 0 Å². The van der Waals surface area contributed by atoms with E-state index in [9.17, 15) is 0 Å². The zero-order valence-electron chi connectivity index (χ0n) is 9.98. The average Bonchev–Trinajstić information content (AvgIpc) is 2.30. The number of ether oxygens (including phenoxy) is 1. The lowest BCUT2D eigenvalue weighted by atomic mass is 10.1. The fraction of sp³-hybridized carbons (Fsp3) is 0.538. The first-order valence-electron chi connectivity index (χ1n) is 5.94. The third kappa shape index (κ3) is 3.04. The van der Waals surface area contributed by atoms with E-state index in [1.807, 2.05) is 6.07 Å². The van der Waals surface area contributed by atoms with Gasteiger partial charge in [0, 0.05) is 31.9 Å². The Bertz CT molecular complexity index is 334. The predicted octanol–water partition coefficient (Wildman–Crippen LogP) is 1.17. The van der Waals surface area contributed by atoms with Crippen molar-refractivity contribution in [2.75, 3.05) is 20.3 Å². The van der Waals surface area contributed by atoms with Gasteiger partial charge in [0.05, 0.1) is 0 Å². The van der Waals surface area contributed by atoms with Crippen LogP contribution in [0.15, 0.2) is 24.3 Å². The second kappa shape index (κ2) is 5.43. The lowest BCUT2D eigenvalue weighted by molar-refractivity contribution is -0.254. The van der Waals surface area contributed by atoms with Crippen molar-refractivity contribution in [1.82, 2.24) is 4.90 Å². The fourth-order valence-corrected chi connectivity index (χ4v) is 2.27. The number of benzene rings is 1. The van der Waals surface area contributed by atoms with E-state index in [0.717, 1.165) is 38.3 Å². The normalized spacial score (nSPS) is 17.9. The van der Waals surface area contributed by atoms with Gasteiger partial charge in [-0.25, -0.2) is 0 Å². The lowest BCUT2D eigenvalue weighted by Gasteiger charge is -2.31. The smallest absolute Gasteiger partial charge is 0.128 e. The molecule has 0 saturated carbocycles. The minimum absolute atomic E-state index is 0.669. The van der Waals surface area contributed by atoms with Crippen LogP contribution in [-0.4, -0.2) is 31.2 Å². The molecule has 0 atom stereocenters. The summed E-state index contributed by atoms with van der Waals surface area (Å²) in [5, 5.41) is 0. The van der Waals surface area contributed by atoms with Crippen LogP contribution < -0.4 is 5.73 Å². The van der Waals surface area contributed by atoms with Gasteiger partial charge in [0.1, 0.15) is 5.69 Å². The zero-order chi connectivity index (χ0) is 11.4. The molecule has 88 valence electrons. The second-order valence-corrected chi connectivity index (χ2v) is 4.58. The molecule has 0 aliphatic carbocycles. The van der Waals surface area contributed by atoms with Gasteiger partial charge in [-0.2, -0.15) is 0 Å². The SMILES string of the molecule is CN(Cc1cccc([NH3+])c1)C1CCOCC1. The summed E-state index contributed by atoms with van der Waals surface area (Å²) in [7, 11) is 2.20. The van der Waals surface area contributed by atoms with Crippen molar-refractivity contribution in [1.29, 1.82) is 0 Å². The number of quaternary nitrogens is 1. The third-order valence-electron chi connectivity index (χ3n) is 3.24. The molecule has 0 bridgehead atoms. The van der Waals surface area contributed by atoms with Crippen LogP contribution >= 0.6 is 0 Å². The van der Waals surface area contributed by atoms with E-state index in [0.29, 0.717) is 6.04 Å². The van der Waals surface area contributed by atoms with Crippen LogP contribution in [0.4, 0.5) is 5.69 Å². The maximum atomic E-state index is 5.38. The summed E-state index contributed by atoms with van der Waals surface area (Å²) in [6.45, 7) is 2.82. The first kappa shape index (κ1) is 11.6. The van der Waals surface area contributed by atoms with Crippen LogP contribution in [0, 0.1) is 0 Å². The molecule has 0 amide bonds. The third-order valence-corrected chi connectivity index (χ3v) is 3.24. The molecular weight excluding hydrogens is 200 g/mol. The van der Waals surface area contributed by atoms with Crippen LogP contribution in [0.3, 0.4) is 0 Å². The topological polar surface area (TPSA) is 40.1 Å². The van der Waals surface area contributed by atoms with Gasteiger partial charge in [0.2, 0.25) is 0 Å². The van der Waals surface area contributed by atoms with E-state index in [2.05, 4.69) is 35.9 Å². The predicted molar refractivity (Wildman–Crippen MR) is 64.3 cm³/mol. The van der Waals surface area contributed by atoms with Crippen LogP contribution in [-0.2, 0) is 11.3 Å². The largest absolute Gasteiger partial charge is 0.381 e. The Kier molecular flexibility index (Phi) is 3.93. The lowest BCUT2D eigenvalue weighted by Crippen LogP contribution is -2.40. The standard InChI is InChI=1S/C13H20N2O/c1-15(13-5-7-16-8-6-13)10-11-3-2-4-12(14)9-11/h2-4,9,13H,5-8,10,14H2,1H3/p+1. The molecule has 1 heterocycles. The maximum Gasteiger partial charge on any atom is 0.128 e. The van der Waals surface area contributed by atoms with Gasteiger partial charge >= 0.3 is 0 Å². The molecule has 1 saturated heterocycles. The number of nitrogens with zero attached hydrogens (tertiary/aromatic N) is 1. The molecule has 1 fully saturated rings. The van der Waals surface area contributed by atoms with Crippen molar-refractivity contribution in [3.63, 3.8) is 0 Å². The van der Waals surface area contributed by atoms with Gasteiger partial charge in [0.25, 0.3) is 0 Å². The monoisotopic (exact) mass is 221 g/mol. The van der Waals surface area contributed by atoms with Crippen LogP contribution in [0.5, 0.6) is 0 Å². The van der Waals surface area contributed by atoms with Gasteiger partial charge in [-0.15, -0.1) is 0 Å². The molecule has 16 heavy (non-hydrogen) atoms. The Labute approximate surface area is 97.2 Å². The molecule has 1 aromatic carbocycles. The molecule has 0 aromatic heterocycles. The molecular formula is C13H21N2O+. The van der Waals surface area contributed by atoms with Crippen LogP contribution in [0.25, 0.3) is 0 Å². The number of hydrogen-bond donors (Lipinski definition) is 1. The van der Waals surface area contributed by atoms with Gasteiger partial charge in [0.15, 0.2) is 0 Å². The highest BCUT2D eigenvalue weighted by Gasteiger charge is 2.18. The summed E-state index contributed by atoms with van der Waals surface area (Å²) in [5.74, 6) is 0. The van der Waals surface area contributed by atoms with Crippen molar-refractivity contribution in [2.45, 2.75) is 25.4 Å². The minimum Gasteiger partial charge on any atom is -0.381 e. The molecule has 1 aliphatic rings. The Balaban J connectivity index is 1.93. The molecule has 3 nitrogen and oxygen atoms in total. The number of hydrogen-bond acceptors (Lipinski definition) is 2. The molecule has 1 aliphatic heterocycles. The molecule has 3 N–H and O–H groups in total. The van der Waals surface area contributed by atoms with Crippen molar-refractivity contribution in [3.8, 4) is 0 Å². The molecule has 0 unspecified atom stereocenters. The van der Waals surface area contributed by atoms with Crippen molar-refractivity contribution >= 4 is 5.69 Å². The van der Waals surface area contributed by atoms with Crippen molar-refractivity contribution in [3.05, 3.63) is 29.8 Å². The highest BCUT2D eigenvalue weighted by atomic mass is 16.5. The summed E-state index contributed by atoms with van der Waals surface area (Å²) >= 11 is 0. The Morgan fingerprint density at radius 3 is 2.81 bits per heavy atom. The van der Waals surface area contributed by atoms with Crippen molar-refractivity contribution in [2.24, 2.45) is 0 Å². The van der Waals surface area contributed by atoms with E-state index in [1.165, 1.54) is 5.56 Å². The highest BCUT2D eigenvalue weighted by Crippen LogP contribution is 2.16. The molecule has 1 aromatic rings. The second-order valence-electron chi connectivity index (χ2n) is 4.58. The van der Waals surface area contributed by atoms with Crippen LogP contribution in [0.1, 0.15) is 18.4 Å². The van der Waals surface area contributed by atoms with Gasteiger partial charge in [-0.05, 0) is 31.5 Å². The Morgan fingerprint density at radius 1 is 1.38 bits per heavy atom. The summed E-state index contributed by atoms with van der Waals surface area (Å²) in [4.78, 5) is 2.43. The molecule has 0 spiro atoms. The van der Waals surface area contributed by atoms with E-state index in [1.54, 1.807) is 0 Å². The highest BCUT2D eigenvalue weighted by molar-refractivity contribution is 5.32. The average molecular weight is 221 g/mol. The van der Waals surface area contributed by atoms with Gasteiger partial charge in [-0.3, -0.25) is 4.90 Å². The minimum atomic E-state index is 0.669. The first-order valence-corrected chi connectivity index (χ1v) is 5.94. The summed E-state index contributed by atoms with van der Waals surface area (Å²) < 4.78 is 5.38. The Morgan fingerprint density at radius 2 is 2.12 bits per heavy atom. The van der Waals surface area contributed by atoms with E-state index in [4.69, 9.17) is 4.74 Å². The zero-order valence-corrected chi connectivity index (χ0v) is 9.98. The fourth-order valence-electron chi connectivity index (χ4n) is 2.27. The van der Waals surface area contributed by atoms with E-state index in [-0.39, 0.29) is 0 Å². The molecule has 2 rings (SSSR count). The summed E-state index contributed by atoms with van der Waals surface area (Å²) in [6.07, 6.45) is 2.31. The maximum absolute atomic E-state index is 5.38. The summed E-state index contributed by atoms with van der Waals surface area (Å²) in [5.41, 5.74) is 6.41. The van der Waals surface area contributed by atoms with E-state index < -0.39 is 0 Å². The molecule has 0 radical (unpaired) electrons. The van der Waals surface area contributed by atoms with Gasteiger partial charge in [-0.1, -0.05) is 12.1 Å². The molecule has 3 heteroatoms.